The second-order valence-electron chi connectivity index (χ2n) is 4.95. The van der Waals surface area contributed by atoms with E-state index in [2.05, 4.69) is 5.32 Å². The zero-order chi connectivity index (χ0) is 15.9. The maximum absolute atomic E-state index is 12.4. The Balaban J connectivity index is 2.84. The minimum Gasteiger partial charge on any atom is -0.492 e. The molecule has 0 saturated heterocycles. The minimum absolute atomic E-state index is 0.161. The number of ether oxygens (including phenoxy) is 2. The summed E-state index contributed by atoms with van der Waals surface area (Å²) >= 11 is 6.12. The van der Waals surface area contributed by atoms with Crippen LogP contribution in [0.2, 0.25) is 5.02 Å². The van der Waals surface area contributed by atoms with Gasteiger partial charge in [-0.15, -0.1) is 0 Å². The summed E-state index contributed by atoms with van der Waals surface area (Å²) in [5.74, 6) is 0.449. The molecule has 0 heterocycles. The van der Waals surface area contributed by atoms with E-state index in [1.165, 1.54) is 0 Å². The van der Waals surface area contributed by atoms with Crippen LogP contribution in [0.3, 0.4) is 0 Å². The number of halogens is 1. The van der Waals surface area contributed by atoms with E-state index in [4.69, 9.17) is 21.1 Å². The zero-order valence-corrected chi connectivity index (χ0v) is 13.9. The molecule has 0 aliphatic rings. The molecule has 4 nitrogen and oxygen atoms in total. The lowest BCUT2D eigenvalue weighted by atomic mass is 9.99. The van der Waals surface area contributed by atoms with E-state index in [1.807, 2.05) is 27.7 Å². The molecule has 0 fully saturated rings. The fourth-order valence-corrected chi connectivity index (χ4v) is 2.40. The van der Waals surface area contributed by atoms with Crippen LogP contribution in [0.5, 0.6) is 5.75 Å². The van der Waals surface area contributed by atoms with Gasteiger partial charge in [0.05, 0.1) is 11.6 Å². The lowest BCUT2D eigenvalue weighted by molar-refractivity contribution is -0.139. The second kappa shape index (κ2) is 8.25. The largest absolute Gasteiger partial charge is 0.492 e. The van der Waals surface area contributed by atoms with E-state index < -0.39 is 5.60 Å². The molecule has 0 radical (unpaired) electrons. The van der Waals surface area contributed by atoms with E-state index >= 15 is 0 Å². The third-order valence-electron chi connectivity index (χ3n) is 3.16. The van der Waals surface area contributed by atoms with Crippen molar-refractivity contribution in [1.82, 2.24) is 0 Å². The van der Waals surface area contributed by atoms with Gasteiger partial charge in [-0.1, -0.05) is 24.9 Å². The van der Waals surface area contributed by atoms with Gasteiger partial charge in [0.1, 0.15) is 11.4 Å². The Morgan fingerprint density at radius 2 is 2.00 bits per heavy atom. The fraction of sp³-hybridized carbons (Fsp3) is 0.562. The molecule has 1 amide bonds. The predicted molar refractivity (Wildman–Crippen MR) is 86.2 cm³/mol. The van der Waals surface area contributed by atoms with Crippen molar-refractivity contribution < 1.29 is 14.3 Å². The van der Waals surface area contributed by atoms with Crippen LogP contribution in [0.25, 0.3) is 0 Å². The second-order valence-corrected chi connectivity index (χ2v) is 5.35. The van der Waals surface area contributed by atoms with Crippen molar-refractivity contribution in [1.29, 1.82) is 0 Å². The first-order valence-electron chi connectivity index (χ1n) is 7.34. The number of carbonyl (C=O) groups excluding carboxylic acids is 1. The van der Waals surface area contributed by atoms with Crippen molar-refractivity contribution in [3.63, 3.8) is 0 Å². The smallest absolute Gasteiger partial charge is 0.256 e. The van der Waals surface area contributed by atoms with Crippen LogP contribution in [0.15, 0.2) is 18.2 Å². The molecular formula is C16H24ClNO3. The minimum atomic E-state index is -0.825. The Hall–Kier alpha value is -1.26. The Kier molecular flexibility index (Phi) is 6.99. The topological polar surface area (TPSA) is 47.6 Å². The summed E-state index contributed by atoms with van der Waals surface area (Å²) in [4.78, 5) is 12.4. The lowest BCUT2D eigenvalue weighted by Crippen LogP contribution is -2.42. The first kappa shape index (κ1) is 17.8. The monoisotopic (exact) mass is 313 g/mol. The highest BCUT2D eigenvalue weighted by molar-refractivity contribution is 6.32. The van der Waals surface area contributed by atoms with Crippen LogP contribution in [-0.4, -0.2) is 24.7 Å². The third kappa shape index (κ3) is 4.90. The van der Waals surface area contributed by atoms with E-state index in [9.17, 15) is 4.79 Å². The van der Waals surface area contributed by atoms with Crippen LogP contribution in [0.4, 0.5) is 5.69 Å². The first-order valence-corrected chi connectivity index (χ1v) is 7.72. The molecule has 0 aromatic heterocycles. The number of carbonyl (C=O) groups is 1. The molecule has 118 valence electrons. The van der Waals surface area contributed by atoms with Crippen molar-refractivity contribution >= 4 is 23.2 Å². The molecule has 1 atom stereocenters. The van der Waals surface area contributed by atoms with Gasteiger partial charge in [0.2, 0.25) is 0 Å². The third-order valence-corrected chi connectivity index (χ3v) is 3.46. The zero-order valence-electron chi connectivity index (χ0n) is 13.2. The van der Waals surface area contributed by atoms with Gasteiger partial charge in [-0.2, -0.15) is 0 Å². The summed E-state index contributed by atoms with van der Waals surface area (Å²) < 4.78 is 11.0. The average Bonchev–Trinajstić information content (AvgIpc) is 2.42. The van der Waals surface area contributed by atoms with Crippen LogP contribution in [0.1, 0.15) is 40.5 Å². The molecule has 1 rings (SSSR count). The van der Waals surface area contributed by atoms with Crippen molar-refractivity contribution in [2.45, 2.75) is 46.1 Å². The molecule has 1 N–H and O–H groups in total. The van der Waals surface area contributed by atoms with Gasteiger partial charge >= 0.3 is 0 Å². The summed E-state index contributed by atoms with van der Waals surface area (Å²) in [5, 5.41) is 3.33. The number of benzene rings is 1. The average molecular weight is 314 g/mol. The standard InChI is InChI=1S/C16H24ClNO3/c1-5-10-16(4,21-7-3)15(19)18-12-8-9-14(20-6-2)13(17)11-12/h8-9,11H,5-7,10H2,1-4H3,(H,18,19). The summed E-state index contributed by atoms with van der Waals surface area (Å²) in [5.41, 5.74) is -0.190. The highest BCUT2D eigenvalue weighted by Crippen LogP contribution is 2.28. The van der Waals surface area contributed by atoms with Crippen molar-refractivity contribution in [2.75, 3.05) is 18.5 Å². The van der Waals surface area contributed by atoms with Crippen LogP contribution < -0.4 is 10.1 Å². The summed E-state index contributed by atoms with van der Waals surface area (Å²) in [6, 6.07) is 5.20. The lowest BCUT2D eigenvalue weighted by Gasteiger charge is -2.27. The van der Waals surface area contributed by atoms with Crippen LogP contribution in [0, 0.1) is 0 Å². The molecule has 5 heteroatoms. The summed E-state index contributed by atoms with van der Waals surface area (Å²) in [6.07, 6.45) is 1.53. The predicted octanol–water partition coefficient (Wildman–Crippen LogP) is 4.27. The van der Waals surface area contributed by atoms with Crippen LogP contribution >= 0.6 is 11.6 Å². The van der Waals surface area contributed by atoms with Crippen molar-refractivity contribution in [3.8, 4) is 5.75 Å². The Morgan fingerprint density at radius 3 is 2.52 bits per heavy atom. The van der Waals surface area contributed by atoms with Gasteiger partial charge in [0.15, 0.2) is 0 Å². The summed E-state index contributed by atoms with van der Waals surface area (Å²) in [6.45, 7) is 8.65. The Bertz CT molecular complexity index is 471. The number of hydrogen-bond donors (Lipinski definition) is 1. The SMILES string of the molecule is CCCC(C)(OCC)C(=O)Nc1ccc(OCC)c(Cl)c1. The van der Waals surface area contributed by atoms with Gasteiger partial charge in [-0.05, 0) is 45.4 Å². The first-order chi connectivity index (χ1) is 9.96. The molecule has 1 unspecified atom stereocenters. The maximum atomic E-state index is 12.4. The van der Waals surface area contributed by atoms with Gasteiger partial charge in [-0.25, -0.2) is 0 Å². The number of amides is 1. The molecule has 0 saturated carbocycles. The molecule has 0 bridgehead atoms. The van der Waals surface area contributed by atoms with Crippen LogP contribution in [-0.2, 0) is 9.53 Å². The number of anilines is 1. The van der Waals surface area contributed by atoms with E-state index in [1.54, 1.807) is 18.2 Å². The molecular weight excluding hydrogens is 290 g/mol. The van der Waals surface area contributed by atoms with Gasteiger partial charge < -0.3 is 14.8 Å². The summed E-state index contributed by atoms with van der Waals surface area (Å²) in [7, 11) is 0. The molecule has 0 aliphatic carbocycles. The van der Waals surface area contributed by atoms with Gasteiger partial charge in [0.25, 0.3) is 5.91 Å². The molecule has 0 aliphatic heterocycles. The normalized spacial score (nSPS) is 13.6. The van der Waals surface area contributed by atoms with E-state index in [-0.39, 0.29) is 5.91 Å². The number of rotatable bonds is 8. The molecule has 0 spiro atoms. The highest BCUT2D eigenvalue weighted by atomic mass is 35.5. The fourth-order valence-electron chi connectivity index (χ4n) is 2.16. The molecule has 1 aromatic rings. The van der Waals surface area contributed by atoms with Crippen molar-refractivity contribution in [3.05, 3.63) is 23.2 Å². The van der Waals surface area contributed by atoms with E-state index in [0.717, 1.165) is 6.42 Å². The Labute approximate surface area is 131 Å². The highest BCUT2D eigenvalue weighted by Gasteiger charge is 2.32. The number of nitrogens with one attached hydrogen (secondary N) is 1. The molecule has 1 aromatic carbocycles. The van der Waals surface area contributed by atoms with Crippen molar-refractivity contribution in [2.24, 2.45) is 0 Å². The van der Waals surface area contributed by atoms with E-state index in [0.29, 0.717) is 36.1 Å². The quantitative estimate of drug-likeness (QED) is 0.779. The Morgan fingerprint density at radius 1 is 1.29 bits per heavy atom. The van der Waals surface area contributed by atoms with Gasteiger partial charge in [-0.3, -0.25) is 4.79 Å². The van der Waals surface area contributed by atoms with Gasteiger partial charge in [0, 0.05) is 12.3 Å². The number of hydrogen-bond acceptors (Lipinski definition) is 3. The molecule has 21 heavy (non-hydrogen) atoms. The maximum Gasteiger partial charge on any atom is 0.256 e.